The van der Waals surface area contributed by atoms with Gasteiger partial charge in [0.15, 0.2) is 0 Å². The van der Waals surface area contributed by atoms with E-state index in [1.54, 1.807) is 0 Å². The first kappa shape index (κ1) is 15.0. The average Bonchev–Trinajstić information content (AvgIpc) is 2.99. The number of carbonyl (C=O) groups is 1. The molecule has 0 aliphatic heterocycles. The number of hydrogen-bond donors (Lipinski definition) is 2. The zero-order chi connectivity index (χ0) is 14.3. The van der Waals surface area contributed by atoms with Gasteiger partial charge in [0.05, 0.1) is 5.41 Å². The zero-order valence-electron chi connectivity index (χ0n) is 12.5. The first-order valence-electron chi connectivity index (χ1n) is 7.84. The van der Waals surface area contributed by atoms with Crippen molar-refractivity contribution >= 4 is 5.91 Å². The summed E-state index contributed by atoms with van der Waals surface area (Å²) in [7, 11) is 0. The average molecular weight is 274 g/mol. The molecule has 1 saturated carbocycles. The van der Waals surface area contributed by atoms with Crippen molar-refractivity contribution in [3.8, 4) is 0 Å². The third-order valence-electron chi connectivity index (χ3n) is 4.23. The quantitative estimate of drug-likeness (QED) is 0.750. The van der Waals surface area contributed by atoms with Gasteiger partial charge in [0, 0.05) is 13.1 Å². The van der Waals surface area contributed by atoms with Crippen LogP contribution < -0.4 is 10.6 Å². The highest BCUT2D eigenvalue weighted by molar-refractivity contribution is 5.88. The fraction of sp³-hybridized carbons (Fsp3) is 0.588. The lowest BCUT2D eigenvalue weighted by Gasteiger charge is -2.28. The van der Waals surface area contributed by atoms with Gasteiger partial charge in [0.1, 0.15) is 0 Å². The van der Waals surface area contributed by atoms with E-state index >= 15 is 0 Å². The van der Waals surface area contributed by atoms with Crippen LogP contribution >= 0.6 is 0 Å². The Bertz CT molecular complexity index is 410. The van der Waals surface area contributed by atoms with E-state index in [2.05, 4.69) is 29.7 Å². The fourth-order valence-corrected chi connectivity index (χ4v) is 3.12. The Balaban J connectivity index is 1.96. The maximum Gasteiger partial charge on any atom is 0.230 e. The molecule has 2 rings (SSSR count). The molecule has 1 amide bonds. The summed E-state index contributed by atoms with van der Waals surface area (Å²) >= 11 is 0. The molecular weight excluding hydrogens is 248 g/mol. The molecule has 0 aromatic heterocycles. The van der Waals surface area contributed by atoms with Crippen LogP contribution in [0.5, 0.6) is 0 Å². The first-order chi connectivity index (χ1) is 9.79. The molecular formula is C17H26N2O. The minimum absolute atomic E-state index is 0.208. The van der Waals surface area contributed by atoms with Crippen LogP contribution in [0.1, 0.15) is 44.6 Å². The Morgan fingerprint density at radius 1 is 1.10 bits per heavy atom. The van der Waals surface area contributed by atoms with Crippen molar-refractivity contribution in [1.82, 2.24) is 10.6 Å². The van der Waals surface area contributed by atoms with E-state index in [4.69, 9.17) is 0 Å². The largest absolute Gasteiger partial charge is 0.354 e. The van der Waals surface area contributed by atoms with Crippen LogP contribution in [0.4, 0.5) is 0 Å². The van der Waals surface area contributed by atoms with Crippen molar-refractivity contribution < 1.29 is 4.79 Å². The van der Waals surface area contributed by atoms with Gasteiger partial charge in [-0.1, -0.05) is 50.1 Å². The monoisotopic (exact) mass is 274 g/mol. The molecule has 110 valence electrons. The summed E-state index contributed by atoms with van der Waals surface area (Å²) in [4.78, 5) is 12.7. The Morgan fingerprint density at radius 2 is 1.80 bits per heavy atom. The van der Waals surface area contributed by atoms with Crippen LogP contribution in [-0.4, -0.2) is 25.5 Å². The van der Waals surface area contributed by atoms with Crippen LogP contribution in [-0.2, 0) is 10.2 Å². The van der Waals surface area contributed by atoms with E-state index < -0.39 is 0 Å². The number of hydrogen-bond acceptors (Lipinski definition) is 2. The molecule has 0 spiro atoms. The molecule has 1 aromatic rings. The van der Waals surface area contributed by atoms with E-state index in [1.807, 2.05) is 18.2 Å². The fourth-order valence-electron chi connectivity index (χ4n) is 3.12. The Labute approximate surface area is 122 Å². The van der Waals surface area contributed by atoms with Crippen LogP contribution in [0.2, 0.25) is 0 Å². The highest BCUT2D eigenvalue weighted by Gasteiger charge is 2.42. The van der Waals surface area contributed by atoms with Crippen molar-refractivity contribution in [2.24, 2.45) is 0 Å². The molecule has 0 heterocycles. The predicted octanol–water partition coefficient (Wildman–Crippen LogP) is 2.61. The molecule has 20 heavy (non-hydrogen) atoms. The topological polar surface area (TPSA) is 41.1 Å². The maximum absolute atomic E-state index is 12.7. The van der Waals surface area contributed by atoms with E-state index in [0.29, 0.717) is 6.54 Å². The Hall–Kier alpha value is -1.35. The second-order valence-corrected chi connectivity index (χ2v) is 5.66. The summed E-state index contributed by atoms with van der Waals surface area (Å²) < 4.78 is 0. The molecule has 2 N–H and O–H groups in total. The van der Waals surface area contributed by atoms with Gasteiger partial charge in [-0.15, -0.1) is 0 Å². The molecule has 1 aliphatic rings. The molecule has 1 aromatic carbocycles. The van der Waals surface area contributed by atoms with Gasteiger partial charge in [-0.2, -0.15) is 0 Å². The minimum atomic E-state index is -0.286. The maximum atomic E-state index is 12.7. The Kier molecular flexibility index (Phi) is 5.60. The molecule has 0 unspecified atom stereocenters. The smallest absolute Gasteiger partial charge is 0.230 e. The lowest BCUT2D eigenvalue weighted by atomic mass is 9.78. The molecule has 0 radical (unpaired) electrons. The van der Waals surface area contributed by atoms with Crippen molar-refractivity contribution in [1.29, 1.82) is 0 Å². The second kappa shape index (κ2) is 7.44. The summed E-state index contributed by atoms with van der Waals surface area (Å²) in [6, 6.07) is 10.3. The molecule has 3 nitrogen and oxygen atoms in total. The summed E-state index contributed by atoms with van der Waals surface area (Å²) in [6.07, 6.45) is 5.38. The van der Waals surface area contributed by atoms with E-state index in [1.165, 1.54) is 5.56 Å². The van der Waals surface area contributed by atoms with Crippen LogP contribution in [0.3, 0.4) is 0 Å². The van der Waals surface area contributed by atoms with Gasteiger partial charge < -0.3 is 10.6 Å². The van der Waals surface area contributed by atoms with E-state index in [0.717, 1.165) is 45.2 Å². The van der Waals surface area contributed by atoms with Crippen molar-refractivity contribution in [2.75, 3.05) is 19.6 Å². The summed E-state index contributed by atoms with van der Waals surface area (Å²) in [5.41, 5.74) is 0.892. The molecule has 1 fully saturated rings. The van der Waals surface area contributed by atoms with E-state index in [9.17, 15) is 4.79 Å². The van der Waals surface area contributed by atoms with Gasteiger partial charge >= 0.3 is 0 Å². The van der Waals surface area contributed by atoms with Gasteiger partial charge in [-0.25, -0.2) is 0 Å². The molecule has 3 heteroatoms. The summed E-state index contributed by atoms with van der Waals surface area (Å²) in [6.45, 7) is 4.73. The van der Waals surface area contributed by atoms with Crippen molar-refractivity contribution in [3.05, 3.63) is 35.9 Å². The highest BCUT2D eigenvalue weighted by Crippen LogP contribution is 2.41. The van der Waals surface area contributed by atoms with Crippen LogP contribution in [0.15, 0.2) is 30.3 Å². The SMILES string of the molecule is CCCNCCNC(=O)C1(c2ccccc2)CCCC1. The van der Waals surface area contributed by atoms with Gasteiger partial charge in [0.25, 0.3) is 0 Å². The van der Waals surface area contributed by atoms with E-state index in [-0.39, 0.29) is 11.3 Å². The third kappa shape index (κ3) is 3.40. The number of benzene rings is 1. The zero-order valence-corrected chi connectivity index (χ0v) is 12.5. The standard InChI is InChI=1S/C17H26N2O/c1-2-12-18-13-14-19-16(20)17(10-6-7-11-17)15-8-4-3-5-9-15/h3-5,8-9,18H,2,6-7,10-14H2,1H3,(H,19,20). The number of nitrogens with one attached hydrogen (secondary N) is 2. The number of carbonyl (C=O) groups excluding carboxylic acids is 1. The number of rotatable bonds is 7. The number of amides is 1. The summed E-state index contributed by atoms with van der Waals surface area (Å²) in [5.74, 6) is 0.208. The molecule has 0 atom stereocenters. The van der Waals surface area contributed by atoms with Gasteiger partial charge in [-0.05, 0) is 31.4 Å². The normalized spacial score (nSPS) is 17.1. The molecule has 0 bridgehead atoms. The molecule has 0 saturated heterocycles. The highest BCUT2D eigenvalue weighted by atomic mass is 16.2. The predicted molar refractivity (Wildman–Crippen MR) is 82.8 cm³/mol. The first-order valence-corrected chi connectivity index (χ1v) is 7.84. The van der Waals surface area contributed by atoms with Gasteiger partial charge in [-0.3, -0.25) is 4.79 Å². The van der Waals surface area contributed by atoms with Gasteiger partial charge in [0.2, 0.25) is 5.91 Å². The van der Waals surface area contributed by atoms with Crippen molar-refractivity contribution in [2.45, 2.75) is 44.4 Å². The lowest BCUT2D eigenvalue weighted by Crippen LogP contribution is -2.44. The summed E-state index contributed by atoms with van der Waals surface area (Å²) in [5, 5.41) is 6.44. The van der Waals surface area contributed by atoms with Crippen molar-refractivity contribution in [3.63, 3.8) is 0 Å². The minimum Gasteiger partial charge on any atom is -0.354 e. The third-order valence-corrected chi connectivity index (χ3v) is 4.23. The van der Waals surface area contributed by atoms with Crippen LogP contribution in [0, 0.1) is 0 Å². The Morgan fingerprint density at radius 3 is 2.45 bits per heavy atom. The second-order valence-electron chi connectivity index (χ2n) is 5.66. The molecule has 1 aliphatic carbocycles. The lowest BCUT2D eigenvalue weighted by molar-refractivity contribution is -0.126. The van der Waals surface area contributed by atoms with Crippen LogP contribution in [0.25, 0.3) is 0 Å².